The van der Waals surface area contributed by atoms with Gasteiger partial charge in [-0.3, -0.25) is 4.90 Å². The minimum absolute atomic E-state index is 0.0916. The highest BCUT2D eigenvalue weighted by Gasteiger charge is 2.40. The first kappa shape index (κ1) is 14.3. The standard InChI is InChI=1S/C16H22ClFN2/c1-16(2)10-20(15(8-19-16)11-3-4-11)9-12-5-6-13(17)7-14(12)18/h5-7,11,15,19H,3-4,8-10H2,1-2H3. The summed E-state index contributed by atoms with van der Waals surface area (Å²) in [5.74, 6) is 0.595. The Morgan fingerprint density at radius 1 is 1.40 bits per heavy atom. The molecule has 0 aromatic heterocycles. The molecule has 0 radical (unpaired) electrons. The second kappa shape index (κ2) is 5.28. The molecule has 110 valence electrons. The van der Waals surface area contributed by atoms with Gasteiger partial charge in [-0.25, -0.2) is 4.39 Å². The molecule has 1 aromatic rings. The predicted octanol–water partition coefficient (Wildman–Crippen LogP) is 3.44. The fourth-order valence-electron chi connectivity index (χ4n) is 3.18. The van der Waals surface area contributed by atoms with Gasteiger partial charge in [0.15, 0.2) is 0 Å². The lowest BCUT2D eigenvalue weighted by Crippen LogP contribution is -2.61. The number of hydrogen-bond acceptors (Lipinski definition) is 2. The van der Waals surface area contributed by atoms with Gasteiger partial charge in [0, 0.05) is 41.8 Å². The monoisotopic (exact) mass is 296 g/mol. The first-order valence-corrected chi connectivity index (χ1v) is 7.75. The summed E-state index contributed by atoms with van der Waals surface area (Å²) in [5.41, 5.74) is 0.839. The molecule has 1 atom stereocenters. The number of benzene rings is 1. The third-order valence-electron chi connectivity index (χ3n) is 4.41. The van der Waals surface area contributed by atoms with Crippen LogP contribution in [0.1, 0.15) is 32.3 Å². The molecular weight excluding hydrogens is 275 g/mol. The van der Waals surface area contributed by atoms with E-state index >= 15 is 0 Å². The third-order valence-corrected chi connectivity index (χ3v) is 4.65. The first-order valence-electron chi connectivity index (χ1n) is 7.38. The van der Waals surface area contributed by atoms with Crippen LogP contribution in [0.2, 0.25) is 5.02 Å². The Labute approximate surface area is 125 Å². The number of rotatable bonds is 3. The van der Waals surface area contributed by atoms with Crippen molar-refractivity contribution in [3.63, 3.8) is 0 Å². The molecular formula is C16H22ClFN2. The number of halogens is 2. The van der Waals surface area contributed by atoms with Gasteiger partial charge in [0.1, 0.15) is 5.82 Å². The maximum Gasteiger partial charge on any atom is 0.129 e. The van der Waals surface area contributed by atoms with Gasteiger partial charge in [0.25, 0.3) is 0 Å². The molecule has 0 bridgehead atoms. The maximum absolute atomic E-state index is 14.0. The average molecular weight is 297 g/mol. The Morgan fingerprint density at radius 2 is 2.15 bits per heavy atom. The Hall–Kier alpha value is -0.640. The zero-order valence-electron chi connectivity index (χ0n) is 12.1. The fourth-order valence-corrected chi connectivity index (χ4v) is 3.34. The number of piperazine rings is 1. The highest BCUT2D eigenvalue weighted by Crippen LogP contribution is 2.37. The van der Waals surface area contributed by atoms with Crippen molar-refractivity contribution in [1.29, 1.82) is 0 Å². The molecule has 1 unspecified atom stereocenters. The van der Waals surface area contributed by atoms with E-state index in [0.29, 0.717) is 17.6 Å². The van der Waals surface area contributed by atoms with Gasteiger partial charge < -0.3 is 5.32 Å². The van der Waals surface area contributed by atoms with Crippen molar-refractivity contribution in [2.45, 2.75) is 44.8 Å². The summed E-state index contributed by atoms with van der Waals surface area (Å²) in [6.07, 6.45) is 2.62. The van der Waals surface area contributed by atoms with Gasteiger partial charge >= 0.3 is 0 Å². The molecule has 0 spiro atoms. The summed E-state index contributed by atoms with van der Waals surface area (Å²) < 4.78 is 14.0. The largest absolute Gasteiger partial charge is 0.309 e. The van der Waals surface area contributed by atoms with Crippen LogP contribution in [-0.2, 0) is 6.54 Å². The molecule has 1 heterocycles. The summed E-state index contributed by atoms with van der Waals surface area (Å²) in [7, 11) is 0. The second-order valence-corrected chi connectivity index (χ2v) is 7.25. The SMILES string of the molecule is CC1(C)CN(Cc2ccc(Cl)cc2F)C(C2CC2)CN1. The molecule has 1 saturated heterocycles. The zero-order chi connectivity index (χ0) is 14.3. The van der Waals surface area contributed by atoms with Crippen molar-refractivity contribution in [1.82, 2.24) is 10.2 Å². The molecule has 1 N–H and O–H groups in total. The normalized spacial score (nSPS) is 26.7. The van der Waals surface area contributed by atoms with Crippen LogP contribution in [0.25, 0.3) is 0 Å². The molecule has 1 aromatic carbocycles. The second-order valence-electron chi connectivity index (χ2n) is 6.81. The van der Waals surface area contributed by atoms with Crippen LogP contribution in [-0.4, -0.2) is 29.6 Å². The van der Waals surface area contributed by atoms with Crippen molar-refractivity contribution < 1.29 is 4.39 Å². The van der Waals surface area contributed by atoms with E-state index in [1.54, 1.807) is 6.07 Å². The molecule has 3 rings (SSSR count). The Balaban J connectivity index is 1.78. The Kier molecular flexibility index (Phi) is 3.78. The van der Waals surface area contributed by atoms with E-state index in [-0.39, 0.29) is 11.4 Å². The first-order chi connectivity index (χ1) is 9.44. The van der Waals surface area contributed by atoms with Crippen LogP contribution in [0.3, 0.4) is 0 Å². The van der Waals surface area contributed by atoms with Crippen LogP contribution in [0.15, 0.2) is 18.2 Å². The molecule has 1 aliphatic heterocycles. The van der Waals surface area contributed by atoms with Crippen LogP contribution < -0.4 is 5.32 Å². The van der Waals surface area contributed by atoms with Gasteiger partial charge in [-0.2, -0.15) is 0 Å². The minimum Gasteiger partial charge on any atom is -0.309 e. The summed E-state index contributed by atoms with van der Waals surface area (Å²) in [6.45, 7) is 7.06. The molecule has 4 heteroatoms. The van der Waals surface area contributed by atoms with Gasteiger partial charge in [-0.1, -0.05) is 17.7 Å². The van der Waals surface area contributed by atoms with E-state index < -0.39 is 0 Å². The van der Waals surface area contributed by atoms with E-state index in [9.17, 15) is 4.39 Å². The molecule has 2 nitrogen and oxygen atoms in total. The molecule has 0 amide bonds. The average Bonchev–Trinajstić information content (AvgIpc) is 3.16. The van der Waals surface area contributed by atoms with Crippen LogP contribution in [0.4, 0.5) is 4.39 Å². The molecule has 2 fully saturated rings. The van der Waals surface area contributed by atoms with E-state index in [1.165, 1.54) is 18.9 Å². The Morgan fingerprint density at radius 3 is 2.80 bits per heavy atom. The number of nitrogens with zero attached hydrogens (tertiary/aromatic N) is 1. The molecule has 1 aliphatic carbocycles. The van der Waals surface area contributed by atoms with E-state index in [4.69, 9.17) is 11.6 Å². The quantitative estimate of drug-likeness (QED) is 0.919. The lowest BCUT2D eigenvalue weighted by atomic mass is 9.96. The Bertz CT molecular complexity index is 499. The van der Waals surface area contributed by atoms with Crippen molar-refractivity contribution >= 4 is 11.6 Å². The van der Waals surface area contributed by atoms with Gasteiger partial charge in [0.05, 0.1) is 0 Å². The zero-order valence-corrected chi connectivity index (χ0v) is 12.9. The van der Waals surface area contributed by atoms with Gasteiger partial charge in [-0.05, 0) is 44.7 Å². The number of nitrogens with one attached hydrogen (secondary N) is 1. The van der Waals surface area contributed by atoms with Gasteiger partial charge in [-0.15, -0.1) is 0 Å². The van der Waals surface area contributed by atoms with Crippen molar-refractivity contribution in [2.24, 2.45) is 5.92 Å². The van der Waals surface area contributed by atoms with E-state index in [2.05, 4.69) is 24.1 Å². The topological polar surface area (TPSA) is 15.3 Å². The molecule has 1 saturated carbocycles. The third kappa shape index (κ3) is 3.16. The van der Waals surface area contributed by atoms with Gasteiger partial charge in [0.2, 0.25) is 0 Å². The summed E-state index contributed by atoms with van der Waals surface area (Å²) in [5, 5.41) is 4.08. The van der Waals surface area contributed by atoms with Crippen molar-refractivity contribution in [3.8, 4) is 0 Å². The number of hydrogen-bond donors (Lipinski definition) is 1. The summed E-state index contributed by atoms with van der Waals surface area (Å²) in [6, 6.07) is 5.55. The van der Waals surface area contributed by atoms with E-state index in [0.717, 1.165) is 24.6 Å². The summed E-state index contributed by atoms with van der Waals surface area (Å²) >= 11 is 5.83. The predicted molar refractivity (Wildman–Crippen MR) is 80.4 cm³/mol. The van der Waals surface area contributed by atoms with E-state index in [1.807, 2.05) is 6.07 Å². The highest BCUT2D eigenvalue weighted by molar-refractivity contribution is 6.30. The van der Waals surface area contributed by atoms with Crippen LogP contribution >= 0.6 is 11.6 Å². The smallest absolute Gasteiger partial charge is 0.129 e. The maximum atomic E-state index is 14.0. The fraction of sp³-hybridized carbons (Fsp3) is 0.625. The highest BCUT2D eigenvalue weighted by atomic mass is 35.5. The summed E-state index contributed by atoms with van der Waals surface area (Å²) in [4.78, 5) is 2.44. The van der Waals surface area contributed by atoms with Crippen LogP contribution in [0.5, 0.6) is 0 Å². The lowest BCUT2D eigenvalue weighted by molar-refractivity contribution is 0.0749. The van der Waals surface area contributed by atoms with Crippen LogP contribution in [0, 0.1) is 11.7 Å². The van der Waals surface area contributed by atoms with Crippen molar-refractivity contribution in [2.75, 3.05) is 13.1 Å². The molecule has 20 heavy (non-hydrogen) atoms. The van der Waals surface area contributed by atoms with Crippen molar-refractivity contribution in [3.05, 3.63) is 34.6 Å². The molecule has 2 aliphatic rings. The minimum atomic E-state index is -0.191. The lowest BCUT2D eigenvalue weighted by Gasteiger charge is -2.45.